The van der Waals surface area contributed by atoms with Crippen LogP contribution in [0.15, 0.2) is 42.6 Å². The van der Waals surface area contributed by atoms with Crippen LogP contribution in [0.5, 0.6) is 0 Å². The minimum atomic E-state index is -1.14. The van der Waals surface area contributed by atoms with Crippen molar-refractivity contribution in [3.05, 3.63) is 59.4 Å². The molecule has 0 bridgehead atoms. The molecule has 0 radical (unpaired) electrons. The molecule has 2 heterocycles. The number of thioether (sulfide) groups is 1. The van der Waals surface area contributed by atoms with Gasteiger partial charge in [-0.15, -0.1) is 0 Å². The first-order valence-electron chi connectivity index (χ1n) is 8.48. The maximum atomic E-state index is 12.3. The van der Waals surface area contributed by atoms with Crippen molar-refractivity contribution in [3.8, 4) is 0 Å². The Bertz CT molecular complexity index is 831. The molecule has 0 unspecified atom stereocenters. The highest BCUT2D eigenvalue weighted by Crippen LogP contribution is 2.14. The fourth-order valence-electron chi connectivity index (χ4n) is 2.66. The summed E-state index contributed by atoms with van der Waals surface area (Å²) in [6, 6.07) is 9.81. The zero-order valence-corrected chi connectivity index (χ0v) is 15.4. The van der Waals surface area contributed by atoms with Crippen LogP contribution in [-0.4, -0.2) is 57.4 Å². The van der Waals surface area contributed by atoms with E-state index in [9.17, 15) is 14.4 Å². The van der Waals surface area contributed by atoms with Gasteiger partial charge in [-0.3, -0.25) is 9.59 Å². The number of anilines is 1. The Hall–Kier alpha value is -2.87. The summed E-state index contributed by atoms with van der Waals surface area (Å²) in [6.07, 6.45) is 1.57. The summed E-state index contributed by atoms with van der Waals surface area (Å²) in [5, 5.41) is 11.6. The smallest absolute Gasteiger partial charge is 0.354 e. The maximum absolute atomic E-state index is 12.3. The monoisotopic (exact) mass is 385 g/mol. The van der Waals surface area contributed by atoms with E-state index in [0.717, 1.165) is 30.2 Å². The van der Waals surface area contributed by atoms with Crippen LogP contribution in [-0.2, 0) is 11.2 Å². The molecule has 2 aromatic rings. The molecule has 1 saturated heterocycles. The molecule has 1 aromatic carbocycles. The summed E-state index contributed by atoms with van der Waals surface area (Å²) in [4.78, 5) is 40.9. The number of carbonyl (C=O) groups is 3. The molecule has 0 atom stereocenters. The van der Waals surface area contributed by atoms with E-state index in [1.54, 1.807) is 12.1 Å². The van der Waals surface area contributed by atoms with Gasteiger partial charge in [-0.05, 0) is 29.8 Å². The van der Waals surface area contributed by atoms with Crippen molar-refractivity contribution in [2.45, 2.75) is 6.42 Å². The topological polar surface area (TPSA) is 99.6 Å². The predicted molar refractivity (Wildman–Crippen MR) is 103 cm³/mol. The fraction of sp³-hybridized carbons (Fsp3) is 0.263. The van der Waals surface area contributed by atoms with Gasteiger partial charge >= 0.3 is 5.97 Å². The zero-order chi connectivity index (χ0) is 19.2. The first-order chi connectivity index (χ1) is 13.0. The van der Waals surface area contributed by atoms with Gasteiger partial charge in [0.25, 0.3) is 5.91 Å². The third-order valence-corrected chi connectivity index (χ3v) is 5.12. The van der Waals surface area contributed by atoms with Crippen LogP contribution in [0, 0.1) is 0 Å². The van der Waals surface area contributed by atoms with Crippen molar-refractivity contribution < 1.29 is 19.5 Å². The quantitative estimate of drug-likeness (QED) is 0.818. The lowest BCUT2D eigenvalue weighted by molar-refractivity contribution is -0.130. The predicted octanol–water partition coefficient (Wildman–Crippen LogP) is 2.15. The summed E-state index contributed by atoms with van der Waals surface area (Å²) >= 11 is 1.86. The van der Waals surface area contributed by atoms with Crippen molar-refractivity contribution in [3.63, 3.8) is 0 Å². The van der Waals surface area contributed by atoms with Crippen molar-refractivity contribution in [2.24, 2.45) is 0 Å². The highest BCUT2D eigenvalue weighted by Gasteiger charge is 2.17. The van der Waals surface area contributed by atoms with E-state index in [1.807, 2.05) is 28.8 Å². The van der Waals surface area contributed by atoms with E-state index < -0.39 is 5.97 Å². The number of hydrogen-bond donors (Lipinski definition) is 2. The van der Waals surface area contributed by atoms with E-state index in [1.165, 1.54) is 18.3 Å². The van der Waals surface area contributed by atoms with Gasteiger partial charge in [0, 0.05) is 36.5 Å². The molecule has 2 N–H and O–H groups in total. The maximum Gasteiger partial charge on any atom is 0.354 e. The van der Waals surface area contributed by atoms with Crippen LogP contribution >= 0.6 is 11.8 Å². The first-order valence-corrected chi connectivity index (χ1v) is 9.63. The molecule has 1 aliphatic heterocycles. The van der Waals surface area contributed by atoms with Gasteiger partial charge in [0.05, 0.1) is 12.0 Å². The Kier molecular flexibility index (Phi) is 6.08. The lowest BCUT2D eigenvalue weighted by Crippen LogP contribution is -2.38. The molecule has 1 aromatic heterocycles. The number of nitrogens with zero attached hydrogens (tertiary/aromatic N) is 2. The summed E-state index contributed by atoms with van der Waals surface area (Å²) < 4.78 is 0. The van der Waals surface area contributed by atoms with Crippen molar-refractivity contribution in [2.75, 3.05) is 29.9 Å². The molecular weight excluding hydrogens is 366 g/mol. The van der Waals surface area contributed by atoms with Gasteiger partial charge in [-0.2, -0.15) is 11.8 Å². The van der Waals surface area contributed by atoms with E-state index >= 15 is 0 Å². The molecule has 3 rings (SSSR count). The molecule has 8 heteroatoms. The Morgan fingerprint density at radius 2 is 1.78 bits per heavy atom. The van der Waals surface area contributed by atoms with Gasteiger partial charge in [0.2, 0.25) is 5.91 Å². The Labute approximate surface area is 160 Å². The van der Waals surface area contributed by atoms with Crippen molar-refractivity contribution in [1.82, 2.24) is 9.88 Å². The largest absolute Gasteiger partial charge is 0.477 e. The molecule has 1 aliphatic rings. The SMILES string of the molecule is O=C(Nc1ccc(CC(=O)N2CCSCC2)cc1)c1ccc(C(=O)O)nc1. The minimum absolute atomic E-state index is 0.118. The second-order valence-corrected chi connectivity index (χ2v) is 7.28. The van der Waals surface area contributed by atoms with E-state index in [4.69, 9.17) is 5.11 Å². The zero-order valence-electron chi connectivity index (χ0n) is 14.6. The molecule has 140 valence electrons. The molecule has 27 heavy (non-hydrogen) atoms. The summed E-state index contributed by atoms with van der Waals surface area (Å²) in [6.45, 7) is 1.60. The van der Waals surface area contributed by atoms with Crippen LogP contribution in [0.2, 0.25) is 0 Å². The van der Waals surface area contributed by atoms with E-state index in [0.29, 0.717) is 12.1 Å². The summed E-state index contributed by atoms with van der Waals surface area (Å²) in [7, 11) is 0. The first kappa shape index (κ1) is 18.9. The minimum Gasteiger partial charge on any atom is -0.477 e. The number of carboxylic acid groups (broad SMARTS) is 1. The van der Waals surface area contributed by atoms with Gasteiger partial charge in [0.15, 0.2) is 0 Å². The average Bonchev–Trinajstić information content (AvgIpc) is 2.70. The Morgan fingerprint density at radius 1 is 1.07 bits per heavy atom. The molecular formula is C19H19N3O4S. The Morgan fingerprint density at radius 3 is 2.37 bits per heavy atom. The van der Waals surface area contributed by atoms with Crippen molar-refractivity contribution in [1.29, 1.82) is 0 Å². The second kappa shape index (κ2) is 8.68. The third kappa shape index (κ3) is 5.07. The number of amides is 2. The van der Waals surface area contributed by atoms with Gasteiger partial charge in [-0.25, -0.2) is 9.78 Å². The van der Waals surface area contributed by atoms with Crippen LogP contribution in [0.25, 0.3) is 0 Å². The lowest BCUT2D eigenvalue weighted by atomic mass is 10.1. The number of pyridine rings is 1. The summed E-state index contributed by atoms with van der Waals surface area (Å²) in [5.74, 6) is 0.569. The molecule has 2 amide bonds. The normalized spacial score (nSPS) is 13.9. The third-order valence-electron chi connectivity index (χ3n) is 4.18. The van der Waals surface area contributed by atoms with Gasteiger partial charge in [-0.1, -0.05) is 12.1 Å². The van der Waals surface area contributed by atoms with E-state index in [2.05, 4.69) is 10.3 Å². The van der Waals surface area contributed by atoms with Crippen molar-refractivity contribution >= 4 is 35.2 Å². The molecule has 0 spiro atoms. The average molecular weight is 385 g/mol. The number of carbonyl (C=O) groups excluding carboxylic acids is 2. The van der Waals surface area contributed by atoms with E-state index in [-0.39, 0.29) is 23.1 Å². The number of aromatic carboxylic acids is 1. The highest BCUT2D eigenvalue weighted by molar-refractivity contribution is 7.99. The van der Waals surface area contributed by atoms with Crippen LogP contribution in [0.4, 0.5) is 5.69 Å². The molecule has 7 nitrogen and oxygen atoms in total. The number of aromatic nitrogens is 1. The fourth-order valence-corrected chi connectivity index (χ4v) is 3.57. The highest BCUT2D eigenvalue weighted by atomic mass is 32.2. The van der Waals surface area contributed by atoms with Crippen LogP contribution < -0.4 is 5.32 Å². The molecule has 0 aliphatic carbocycles. The Balaban J connectivity index is 1.57. The van der Waals surface area contributed by atoms with Gasteiger partial charge < -0.3 is 15.3 Å². The van der Waals surface area contributed by atoms with Crippen LogP contribution in [0.1, 0.15) is 26.4 Å². The molecule has 1 fully saturated rings. The summed E-state index contributed by atoms with van der Waals surface area (Å²) in [5.41, 5.74) is 1.63. The number of hydrogen-bond acceptors (Lipinski definition) is 5. The number of benzene rings is 1. The lowest BCUT2D eigenvalue weighted by Gasteiger charge is -2.26. The number of nitrogens with one attached hydrogen (secondary N) is 1. The number of carboxylic acids is 1. The standard InChI is InChI=1S/C19H19N3O4S/c23-17(22-7-9-27-10-8-22)11-13-1-4-15(5-2-13)21-18(24)14-3-6-16(19(25)26)20-12-14/h1-6,12H,7-11H2,(H,21,24)(H,25,26). The second-order valence-electron chi connectivity index (χ2n) is 6.06. The van der Waals surface area contributed by atoms with Crippen LogP contribution in [0.3, 0.4) is 0 Å². The number of rotatable bonds is 5. The molecule has 0 saturated carbocycles. The van der Waals surface area contributed by atoms with Gasteiger partial charge in [0.1, 0.15) is 5.69 Å².